The standard InChI is InChI=1S/C11H20F3NO/c1-8-3-4-9(2)10(5-8,7-16)15-6-11(12,13)14/h8-9,15-16H,3-7H2,1-2H3. The molecule has 1 saturated carbocycles. The number of rotatable bonds is 3. The van der Waals surface area contributed by atoms with Crippen molar-refractivity contribution >= 4 is 0 Å². The van der Waals surface area contributed by atoms with Gasteiger partial charge in [0.05, 0.1) is 13.2 Å². The molecule has 0 bridgehead atoms. The summed E-state index contributed by atoms with van der Waals surface area (Å²) in [6.45, 7) is 2.68. The summed E-state index contributed by atoms with van der Waals surface area (Å²) in [6, 6.07) is 0. The first-order valence-corrected chi connectivity index (χ1v) is 5.72. The molecule has 1 aliphatic carbocycles. The third-order valence-electron chi connectivity index (χ3n) is 3.67. The maximum absolute atomic E-state index is 12.2. The lowest BCUT2D eigenvalue weighted by molar-refractivity contribution is -0.133. The lowest BCUT2D eigenvalue weighted by Crippen LogP contribution is -2.58. The second-order valence-corrected chi connectivity index (χ2v) is 5.07. The number of alkyl halides is 3. The van der Waals surface area contributed by atoms with Crippen molar-refractivity contribution in [3.05, 3.63) is 0 Å². The largest absolute Gasteiger partial charge is 0.401 e. The van der Waals surface area contributed by atoms with Gasteiger partial charge in [-0.25, -0.2) is 0 Å². The number of hydrogen-bond acceptors (Lipinski definition) is 2. The Hall–Kier alpha value is -0.290. The molecular formula is C11H20F3NO. The molecule has 5 heteroatoms. The third kappa shape index (κ3) is 3.35. The molecule has 3 unspecified atom stereocenters. The molecule has 0 aromatic rings. The fourth-order valence-electron chi connectivity index (χ4n) is 2.53. The zero-order valence-electron chi connectivity index (χ0n) is 9.77. The highest BCUT2D eigenvalue weighted by Crippen LogP contribution is 2.37. The van der Waals surface area contributed by atoms with Gasteiger partial charge in [-0.05, 0) is 24.7 Å². The smallest absolute Gasteiger partial charge is 0.394 e. The van der Waals surface area contributed by atoms with E-state index in [0.29, 0.717) is 12.3 Å². The molecule has 0 aliphatic heterocycles. The minimum absolute atomic E-state index is 0.0797. The fraction of sp³-hybridized carbons (Fsp3) is 1.00. The van der Waals surface area contributed by atoms with Crippen molar-refractivity contribution in [2.24, 2.45) is 11.8 Å². The second kappa shape index (κ2) is 4.92. The zero-order chi connectivity index (χ0) is 12.4. The van der Waals surface area contributed by atoms with E-state index in [2.05, 4.69) is 5.32 Å². The van der Waals surface area contributed by atoms with Gasteiger partial charge >= 0.3 is 6.18 Å². The maximum atomic E-state index is 12.2. The molecule has 0 aromatic heterocycles. The van der Waals surface area contributed by atoms with Gasteiger partial charge in [0.2, 0.25) is 0 Å². The van der Waals surface area contributed by atoms with E-state index in [0.717, 1.165) is 12.8 Å². The van der Waals surface area contributed by atoms with Crippen molar-refractivity contribution in [3.63, 3.8) is 0 Å². The predicted molar refractivity (Wildman–Crippen MR) is 56.1 cm³/mol. The van der Waals surface area contributed by atoms with Crippen LogP contribution in [0.4, 0.5) is 13.2 Å². The first kappa shape index (κ1) is 13.8. The van der Waals surface area contributed by atoms with E-state index in [1.807, 2.05) is 13.8 Å². The minimum Gasteiger partial charge on any atom is -0.394 e. The Morgan fingerprint density at radius 3 is 2.44 bits per heavy atom. The van der Waals surface area contributed by atoms with Crippen molar-refractivity contribution in [1.29, 1.82) is 0 Å². The van der Waals surface area contributed by atoms with Gasteiger partial charge in [0, 0.05) is 5.54 Å². The molecule has 0 spiro atoms. The van der Waals surface area contributed by atoms with E-state index in [-0.39, 0.29) is 12.5 Å². The van der Waals surface area contributed by atoms with E-state index < -0.39 is 18.3 Å². The van der Waals surface area contributed by atoms with Crippen LogP contribution in [0.25, 0.3) is 0 Å². The van der Waals surface area contributed by atoms with Gasteiger partial charge in [-0.15, -0.1) is 0 Å². The van der Waals surface area contributed by atoms with Crippen LogP contribution in [-0.2, 0) is 0 Å². The van der Waals surface area contributed by atoms with Gasteiger partial charge in [0.15, 0.2) is 0 Å². The van der Waals surface area contributed by atoms with Gasteiger partial charge in [0.25, 0.3) is 0 Å². The molecule has 3 atom stereocenters. The highest BCUT2D eigenvalue weighted by Gasteiger charge is 2.42. The molecule has 0 heterocycles. The van der Waals surface area contributed by atoms with Crippen LogP contribution in [0.3, 0.4) is 0 Å². The molecule has 16 heavy (non-hydrogen) atoms. The fourth-order valence-corrected chi connectivity index (χ4v) is 2.53. The summed E-state index contributed by atoms with van der Waals surface area (Å²) < 4.78 is 36.6. The summed E-state index contributed by atoms with van der Waals surface area (Å²) in [5.41, 5.74) is -0.757. The number of nitrogens with one attached hydrogen (secondary N) is 1. The van der Waals surface area contributed by atoms with E-state index in [4.69, 9.17) is 0 Å². The number of halogens is 3. The molecule has 1 aliphatic rings. The zero-order valence-corrected chi connectivity index (χ0v) is 9.77. The number of hydrogen-bond donors (Lipinski definition) is 2. The van der Waals surface area contributed by atoms with Gasteiger partial charge in [-0.3, -0.25) is 0 Å². The maximum Gasteiger partial charge on any atom is 0.401 e. The second-order valence-electron chi connectivity index (χ2n) is 5.07. The van der Waals surface area contributed by atoms with Gasteiger partial charge in [-0.2, -0.15) is 13.2 Å². The quantitative estimate of drug-likeness (QED) is 0.792. The Bertz CT molecular complexity index is 232. The topological polar surface area (TPSA) is 32.3 Å². The molecule has 0 saturated heterocycles. The van der Waals surface area contributed by atoms with Crippen LogP contribution in [0.15, 0.2) is 0 Å². The molecule has 2 nitrogen and oxygen atoms in total. The molecule has 1 fully saturated rings. The average Bonchev–Trinajstić information content (AvgIpc) is 2.19. The van der Waals surface area contributed by atoms with Crippen molar-refractivity contribution in [2.45, 2.75) is 44.8 Å². The van der Waals surface area contributed by atoms with Gasteiger partial charge in [0.1, 0.15) is 0 Å². The third-order valence-corrected chi connectivity index (χ3v) is 3.67. The molecular weight excluding hydrogens is 219 g/mol. The Morgan fingerprint density at radius 1 is 1.31 bits per heavy atom. The van der Waals surface area contributed by atoms with Crippen molar-refractivity contribution in [2.75, 3.05) is 13.2 Å². The SMILES string of the molecule is CC1CCC(C)C(CO)(NCC(F)(F)F)C1. The van der Waals surface area contributed by atoms with Crippen LogP contribution in [0.2, 0.25) is 0 Å². The van der Waals surface area contributed by atoms with Gasteiger partial charge < -0.3 is 10.4 Å². The summed E-state index contributed by atoms with van der Waals surface area (Å²) in [7, 11) is 0. The molecule has 96 valence electrons. The van der Waals surface area contributed by atoms with E-state index in [9.17, 15) is 18.3 Å². The summed E-state index contributed by atoms with van der Waals surface area (Å²) in [5.74, 6) is 0.445. The summed E-state index contributed by atoms with van der Waals surface area (Å²) in [6.07, 6.45) is -1.72. The van der Waals surface area contributed by atoms with Crippen LogP contribution in [-0.4, -0.2) is 30.0 Å². The Kier molecular flexibility index (Phi) is 4.23. The van der Waals surface area contributed by atoms with E-state index in [1.165, 1.54) is 0 Å². The summed E-state index contributed by atoms with van der Waals surface area (Å²) >= 11 is 0. The normalized spacial score (nSPS) is 36.4. The Balaban J connectivity index is 2.67. The van der Waals surface area contributed by atoms with E-state index in [1.54, 1.807) is 0 Å². The molecule has 2 N–H and O–H groups in total. The van der Waals surface area contributed by atoms with Crippen LogP contribution in [0.1, 0.15) is 33.1 Å². The highest BCUT2D eigenvalue weighted by atomic mass is 19.4. The van der Waals surface area contributed by atoms with E-state index >= 15 is 0 Å². The van der Waals surface area contributed by atoms with Gasteiger partial charge in [-0.1, -0.05) is 20.3 Å². The van der Waals surface area contributed by atoms with Crippen molar-refractivity contribution < 1.29 is 18.3 Å². The highest BCUT2D eigenvalue weighted by molar-refractivity contribution is 4.97. The first-order valence-electron chi connectivity index (χ1n) is 5.72. The number of aliphatic hydroxyl groups excluding tert-OH is 1. The van der Waals surface area contributed by atoms with Crippen LogP contribution >= 0.6 is 0 Å². The average molecular weight is 239 g/mol. The molecule has 1 rings (SSSR count). The lowest BCUT2D eigenvalue weighted by Gasteiger charge is -2.45. The van der Waals surface area contributed by atoms with Crippen LogP contribution in [0.5, 0.6) is 0 Å². The Labute approximate surface area is 94.2 Å². The summed E-state index contributed by atoms with van der Waals surface area (Å²) in [4.78, 5) is 0. The predicted octanol–water partition coefficient (Wildman–Crippen LogP) is 2.33. The molecule has 0 aromatic carbocycles. The Morgan fingerprint density at radius 2 is 1.94 bits per heavy atom. The lowest BCUT2D eigenvalue weighted by atomic mass is 9.70. The van der Waals surface area contributed by atoms with Crippen LogP contribution < -0.4 is 5.32 Å². The minimum atomic E-state index is -4.22. The number of aliphatic hydroxyl groups is 1. The van der Waals surface area contributed by atoms with Crippen molar-refractivity contribution in [3.8, 4) is 0 Å². The molecule has 0 amide bonds. The summed E-state index contributed by atoms with van der Waals surface area (Å²) in [5, 5.41) is 11.9. The monoisotopic (exact) mass is 239 g/mol. The van der Waals surface area contributed by atoms with Crippen molar-refractivity contribution in [1.82, 2.24) is 5.32 Å². The van der Waals surface area contributed by atoms with Crippen LogP contribution in [0, 0.1) is 11.8 Å². The first-order chi connectivity index (χ1) is 7.29. The molecule has 0 radical (unpaired) electrons.